The van der Waals surface area contributed by atoms with Gasteiger partial charge in [-0.1, -0.05) is 13.2 Å². The number of oxazole rings is 1. The first kappa shape index (κ1) is 14.0. The SMILES string of the molecule is C=Cc1oc(=O)n(CC(=O)OC(C)(C)C)c1C=C. The standard InChI is InChI=1S/C13H17NO4/c1-6-9-10(7-2)17-12(16)14(9)8-11(15)18-13(3,4)5/h6-7H,1-2,8H2,3-5H3. The second kappa shape index (κ2) is 5.08. The first-order valence-corrected chi connectivity index (χ1v) is 5.49. The third kappa shape index (κ3) is 3.23. The second-order valence-electron chi connectivity index (χ2n) is 4.70. The Kier molecular flexibility index (Phi) is 3.96. The number of carbonyl (C=O) groups is 1. The molecule has 5 heteroatoms. The van der Waals surface area contributed by atoms with Crippen LogP contribution in [-0.4, -0.2) is 16.1 Å². The predicted octanol–water partition coefficient (Wildman–Crippen LogP) is 2.07. The van der Waals surface area contributed by atoms with Crippen molar-refractivity contribution in [1.82, 2.24) is 4.57 Å². The molecule has 0 N–H and O–H groups in total. The molecule has 0 spiro atoms. The van der Waals surface area contributed by atoms with Crippen molar-refractivity contribution in [2.45, 2.75) is 32.9 Å². The molecule has 0 radical (unpaired) electrons. The Hall–Kier alpha value is -2.04. The second-order valence-corrected chi connectivity index (χ2v) is 4.70. The van der Waals surface area contributed by atoms with Gasteiger partial charge in [0.15, 0.2) is 5.76 Å². The number of carbonyl (C=O) groups excluding carboxylic acids is 1. The minimum Gasteiger partial charge on any atom is -0.459 e. The van der Waals surface area contributed by atoms with Crippen LogP contribution in [-0.2, 0) is 16.1 Å². The number of hydrogen-bond donors (Lipinski definition) is 0. The summed E-state index contributed by atoms with van der Waals surface area (Å²) in [6.45, 7) is 12.2. The molecular formula is C13H17NO4. The van der Waals surface area contributed by atoms with Gasteiger partial charge in [0.1, 0.15) is 12.1 Å². The molecule has 1 heterocycles. The molecule has 0 saturated heterocycles. The molecule has 1 aromatic rings. The van der Waals surface area contributed by atoms with Crippen molar-refractivity contribution in [1.29, 1.82) is 0 Å². The molecule has 1 rings (SSSR count). The monoisotopic (exact) mass is 251 g/mol. The summed E-state index contributed by atoms with van der Waals surface area (Å²) in [5.41, 5.74) is -0.180. The van der Waals surface area contributed by atoms with Crippen LogP contribution in [0.5, 0.6) is 0 Å². The van der Waals surface area contributed by atoms with E-state index in [1.54, 1.807) is 20.8 Å². The van der Waals surface area contributed by atoms with Crippen molar-refractivity contribution in [2.75, 3.05) is 0 Å². The average molecular weight is 251 g/mol. The summed E-state index contributed by atoms with van der Waals surface area (Å²) in [4.78, 5) is 23.2. The number of ether oxygens (including phenoxy) is 1. The van der Waals surface area contributed by atoms with E-state index in [-0.39, 0.29) is 6.54 Å². The van der Waals surface area contributed by atoms with Gasteiger partial charge in [0.25, 0.3) is 0 Å². The first-order chi connectivity index (χ1) is 8.28. The Morgan fingerprint density at radius 1 is 1.39 bits per heavy atom. The lowest BCUT2D eigenvalue weighted by molar-refractivity contribution is -0.155. The summed E-state index contributed by atoms with van der Waals surface area (Å²) >= 11 is 0. The lowest BCUT2D eigenvalue weighted by Crippen LogP contribution is -2.29. The molecule has 0 bridgehead atoms. The Balaban J connectivity index is 3.01. The van der Waals surface area contributed by atoms with E-state index in [1.165, 1.54) is 12.2 Å². The molecule has 1 aromatic heterocycles. The van der Waals surface area contributed by atoms with Crippen LogP contribution < -0.4 is 5.76 Å². The molecule has 0 atom stereocenters. The molecule has 18 heavy (non-hydrogen) atoms. The molecule has 0 saturated carbocycles. The first-order valence-electron chi connectivity index (χ1n) is 5.49. The lowest BCUT2D eigenvalue weighted by Gasteiger charge is -2.19. The van der Waals surface area contributed by atoms with Crippen LogP contribution >= 0.6 is 0 Å². The van der Waals surface area contributed by atoms with E-state index < -0.39 is 17.3 Å². The molecule has 0 amide bonds. The lowest BCUT2D eigenvalue weighted by atomic mass is 10.2. The van der Waals surface area contributed by atoms with Crippen LogP contribution in [0.2, 0.25) is 0 Å². The van der Waals surface area contributed by atoms with Crippen molar-refractivity contribution < 1.29 is 13.9 Å². The summed E-state index contributed by atoms with van der Waals surface area (Å²) in [5.74, 6) is -0.853. The zero-order valence-electron chi connectivity index (χ0n) is 10.9. The highest BCUT2D eigenvalue weighted by molar-refractivity contribution is 5.70. The highest BCUT2D eigenvalue weighted by atomic mass is 16.6. The van der Waals surface area contributed by atoms with Gasteiger partial charge in [0.05, 0.1) is 5.69 Å². The zero-order chi connectivity index (χ0) is 13.9. The smallest absolute Gasteiger partial charge is 0.420 e. The van der Waals surface area contributed by atoms with E-state index >= 15 is 0 Å². The van der Waals surface area contributed by atoms with Gasteiger partial charge in [-0.2, -0.15) is 0 Å². The van der Waals surface area contributed by atoms with Crippen molar-refractivity contribution in [3.8, 4) is 0 Å². The van der Waals surface area contributed by atoms with E-state index in [0.29, 0.717) is 11.5 Å². The number of hydrogen-bond acceptors (Lipinski definition) is 4. The van der Waals surface area contributed by atoms with E-state index in [9.17, 15) is 9.59 Å². The van der Waals surface area contributed by atoms with Crippen molar-refractivity contribution in [3.63, 3.8) is 0 Å². The van der Waals surface area contributed by atoms with E-state index in [0.717, 1.165) is 4.57 Å². The Labute approximate surface area is 105 Å². The van der Waals surface area contributed by atoms with E-state index in [2.05, 4.69) is 13.2 Å². The van der Waals surface area contributed by atoms with Gasteiger partial charge in [-0.25, -0.2) is 4.79 Å². The third-order valence-corrected chi connectivity index (χ3v) is 2.05. The fourth-order valence-corrected chi connectivity index (χ4v) is 1.44. The largest absolute Gasteiger partial charge is 0.459 e. The molecule has 0 fully saturated rings. The molecular weight excluding hydrogens is 234 g/mol. The topological polar surface area (TPSA) is 61.4 Å². The van der Waals surface area contributed by atoms with Crippen LogP contribution in [0.15, 0.2) is 22.4 Å². The van der Waals surface area contributed by atoms with Crippen molar-refractivity contribution in [3.05, 3.63) is 35.2 Å². The van der Waals surface area contributed by atoms with Gasteiger partial charge >= 0.3 is 11.7 Å². The summed E-state index contributed by atoms with van der Waals surface area (Å²) in [6.07, 6.45) is 2.83. The molecule has 5 nitrogen and oxygen atoms in total. The number of nitrogens with zero attached hydrogens (tertiary/aromatic N) is 1. The molecule has 0 aliphatic carbocycles. The van der Waals surface area contributed by atoms with Crippen LogP contribution in [0.3, 0.4) is 0 Å². The summed E-state index contributed by atoms with van der Waals surface area (Å²) in [7, 11) is 0. The van der Waals surface area contributed by atoms with Crippen molar-refractivity contribution in [2.24, 2.45) is 0 Å². The Bertz CT molecular complexity index is 528. The fraction of sp³-hybridized carbons (Fsp3) is 0.385. The summed E-state index contributed by atoms with van der Waals surface area (Å²) in [6, 6.07) is 0. The molecule has 98 valence electrons. The zero-order valence-corrected chi connectivity index (χ0v) is 10.9. The molecule has 0 unspecified atom stereocenters. The average Bonchev–Trinajstić information content (AvgIpc) is 2.52. The highest BCUT2D eigenvalue weighted by Crippen LogP contribution is 2.12. The van der Waals surface area contributed by atoms with Crippen LogP contribution in [0, 0.1) is 0 Å². The maximum absolute atomic E-state index is 11.7. The normalized spacial score (nSPS) is 11.1. The van der Waals surface area contributed by atoms with E-state index in [4.69, 9.17) is 9.15 Å². The maximum atomic E-state index is 11.7. The summed E-state index contributed by atoms with van der Waals surface area (Å²) < 4.78 is 11.2. The van der Waals surface area contributed by atoms with Crippen molar-refractivity contribution >= 4 is 18.1 Å². The molecule has 0 aromatic carbocycles. The number of esters is 1. The predicted molar refractivity (Wildman–Crippen MR) is 69.0 cm³/mol. The third-order valence-electron chi connectivity index (χ3n) is 2.05. The fourth-order valence-electron chi connectivity index (χ4n) is 1.44. The molecule has 0 aliphatic rings. The van der Waals surface area contributed by atoms with Crippen LogP contribution in [0.1, 0.15) is 32.2 Å². The minimum absolute atomic E-state index is 0.213. The van der Waals surface area contributed by atoms with Gasteiger partial charge in [-0.15, -0.1) is 0 Å². The van der Waals surface area contributed by atoms with Gasteiger partial charge in [0, 0.05) is 0 Å². The van der Waals surface area contributed by atoms with Gasteiger partial charge < -0.3 is 9.15 Å². The van der Waals surface area contributed by atoms with Crippen LogP contribution in [0.25, 0.3) is 12.2 Å². The number of rotatable bonds is 4. The molecule has 0 aliphatic heterocycles. The minimum atomic E-state index is -0.634. The Morgan fingerprint density at radius 2 is 2.00 bits per heavy atom. The van der Waals surface area contributed by atoms with Gasteiger partial charge in [-0.3, -0.25) is 9.36 Å². The highest BCUT2D eigenvalue weighted by Gasteiger charge is 2.20. The maximum Gasteiger partial charge on any atom is 0.420 e. The van der Waals surface area contributed by atoms with Gasteiger partial charge in [-0.05, 0) is 32.9 Å². The number of aromatic nitrogens is 1. The Morgan fingerprint density at radius 3 is 2.44 bits per heavy atom. The summed E-state index contributed by atoms with van der Waals surface area (Å²) in [5, 5.41) is 0. The van der Waals surface area contributed by atoms with Gasteiger partial charge in [0.2, 0.25) is 0 Å². The quantitative estimate of drug-likeness (QED) is 0.768. The van der Waals surface area contributed by atoms with E-state index in [1.807, 2.05) is 0 Å². The van der Waals surface area contributed by atoms with Crippen LogP contribution in [0.4, 0.5) is 0 Å².